The summed E-state index contributed by atoms with van der Waals surface area (Å²) in [7, 11) is 3.18. The lowest BCUT2D eigenvalue weighted by Gasteiger charge is -2.18. The van der Waals surface area contributed by atoms with Crippen LogP contribution >= 0.6 is 0 Å². The zero-order chi connectivity index (χ0) is 18.4. The standard InChI is InChI=1S/C17H20N2O4.C2H6/c1-22-14-8-5-9-15(23-2)16(14)13-10-12(17(20)21)18-19(13)11-6-3-4-7-11;1-2/h5,8-11H,3-4,6-7H2,1-2H3,(H,20,21);1-2H3. The minimum Gasteiger partial charge on any atom is -0.496 e. The molecule has 1 heterocycles. The molecule has 0 aliphatic heterocycles. The van der Waals surface area contributed by atoms with Crippen LogP contribution in [0, 0.1) is 0 Å². The smallest absolute Gasteiger partial charge is 0.356 e. The maximum Gasteiger partial charge on any atom is 0.356 e. The van der Waals surface area contributed by atoms with Gasteiger partial charge in [0.2, 0.25) is 0 Å². The molecule has 0 atom stereocenters. The third-order valence-corrected chi connectivity index (χ3v) is 4.31. The molecule has 136 valence electrons. The quantitative estimate of drug-likeness (QED) is 0.868. The summed E-state index contributed by atoms with van der Waals surface area (Å²) in [5, 5.41) is 13.7. The highest BCUT2D eigenvalue weighted by molar-refractivity contribution is 5.88. The Bertz CT molecular complexity index is 696. The van der Waals surface area contributed by atoms with E-state index < -0.39 is 5.97 Å². The molecule has 1 aromatic heterocycles. The molecule has 0 spiro atoms. The molecule has 3 rings (SSSR count). The first kappa shape index (κ1) is 18.8. The molecular formula is C19H26N2O4. The van der Waals surface area contributed by atoms with Gasteiger partial charge in [0, 0.05) is 0 Å². The Kier molecular flexibility index (Phi) is 6.44. The largest absolute Gasteiger partial charge is 0.496 e. The van der Waals surface area contributed by atoms with Crippen molar-refractivity contribution >= 4 is 5.97 Å². The lowest BCUT2D eigenvalue weighted by Crippen LogP contribution is -2.10. The third kappa shape index (κ3) is 3.78. The highest BCUT2D eigenvalue weighted by Gasteiger charge is 2.26. The second kappa shape index (κ2) is 8.55. The molecular weight excluding hydrogens is 320 g/mol. The molecule has 0 saturated heterocycles. The van der Waals surface area contributed by atoms with Crippen molar-refractivity contribution in [1.82, 2.24) is 9.78 Å². The summed E-state index contributed by atoms with van der Waals surface area (Å²) in [6.07, 6.45) is 4.28. The summed E-state index contributed by atoms with van der Waals surface area (Å²) in [6.45, 7) is 4.00. The van der Waals surface area contributed by atoms with Crippen molar-refractivity contribution in [3.8, 4) is 22.8 Å². The Morgan fingerprint density at radius 3 is 2.20 bits per heavy atom. The topological polar surface area (TPSA) is 73.6 Å². The molecule has 1 aliphatic rings. The van der Waals surface area contributed by atoms with Gasteiger partial charge in [-0.05, 0) is 31.0 Å². The van der Waals surface area contributed by atoms with Gasteiger partial charge in [0.15, 0.2) is 5.69 Å². The van der Waals surface area contributed by atoms with Gasteiger partial charge >= 0.3 is 5.97 Å². The highest BCUT2D eigenvalue weighted by atomic mass is 16.5. The van der Waals surface area contributed by atoms with Crippen LogP contribution in [0.1, 0.15) is 56.1 Å². The van der Waals surface area contributed by atoms with E-state index in [2.05, 4.69) is 5.10 Å². The Morgan fingerprint density at radius 2 is 1.72 bits per heavy atom. The number of carboxylic acid groups (broad SMARTS) is 1. The Balaban J connectivity index is 0.00000109. The van der Waals surface area contributed by atoms with E-state index in [0.29, 0.717) is 11.5 Å². The van der Waals surface area contributed by atoms with Crippen LogP contribution in [0.5, 0.6) is 11.5 Å². The van der Waals surface area contributed by atoms with Gasteiger partial charge in [0.05, 0.1) is 31.5 Å². The normalized spacial score (nSPS) is 13.9. The monoisotopic (exact) mass is 346 g/mol. The Hall–Kier alpha value is -2.50. The summed E-state index contributed by atoms with van der Waals surface area (Å²) in [5.74, 6) is 0.248. The van der Waals surface area contributed by atoms with Gasteiger partial charge in [-0.2, -0.15) is 5.10 Å². The minimum absolute atomic E-state index is 0.0415. The first-order chi connectivity index (χ1) is 12.2. The van der Waals surface area contributed by atoms with Crippen LogP contribution in [0.3, 0.4) is 0 Å². The molecule has 1 aliphatic carbocycles. The van der Waals surface area contributed by atoms with E-state index in [9.17, 15) is 9.90 Å². The molecule has 1 N–H and O–H groups in total. The molecule has 2 aromatic rings. The van der Waals surface area contributed by atoms with Gasteiger partial charge in [-0.1, -0.05) is 32.8 Å². The molecule has 25 heavy (non-hydrogen) atoms. The SMILES string of the molecule is CC.COc1cccc(OC)c1-c1cc(C(=O)O)nn1C1CCCC1. The molecule has 0 unspecified atom stereocenters. The van der Waals surface area contributed by atoms with E-state index in [-0.39, 0.29) is 11.7 Å². The van der Waals surface area contributed by atoms with Crippen molar-refractivity contribution in [1.29, 1.82) is 0 Å². The third-order valence-electron chi connectivity index (χ3n) is 4.31. The van der Waals surface area contributed by atoms with E-state index in [1.165, 1.54) is 0 Å². The van der Waals surface area contributed by atoms with E-state index >= 15 is 0 Å². The summed E-state index contributed by atoms with van der Waals surface area (Å²) in [5.41, 5.74) is 1.51. The molecule has 0 radical (unpaired) electrons. The number of aromatic nitrogens is 2. The number of ether oxygens (including phenoxy) is 2. The summed E-state index contributed by atoms with van der Waals surface area (Å²) >= 11 is 0. The van der Waals surface area contributed by atoms with Gasteiger partial charge in [-0.25, -0.2) is 4.79 Å². The maximum atomic E-state index is 11.4. The number of hydrogen-bond acceptors (Lipinski definition) is 4. The Morgan fingerprint density at radius 1 is 1.16 bits per heavy atom. The number of methoxy groups -OCH3 is 2. The van der Waals surface area contributed by atoms with Crippen molar-refractivity contribution in [3.05, 3.63) is 30.0 Å². The summed E-state index contributed by atoms with van der Waals surface area (Å²) in [6, 6.07) is 7.33. The zero-order valence-corrected chi connectivity index (χ0v) is 15.3. The number of carbonyl (C=O) groups is 1. The first-order valence-electron chi connectivity index (χ1n) is 8.70. The molecule has 6 heteroatoms. The maximum absolute atomic E-state index is 11.4. The zero-order valence-electron chi connectivity index (χ0n) is 15.3. The lowest BCUT2D eigenvalue weighted by molar-refractivity contribution is 0.0689. The minimum atomic E-state index is -1.03. The van der Waals surface area contributed by atoms with E-state index in [0.717, 1.165) is 36.9 Å². The van der Waals surface area contributed by atoms with Crippen molar-refractivity contribution in [2.45, 2.75) is 45.6 Å². The first-order valence-corrected chi connectivity index (χ1v) is 8.70. The van der Waals surface area contributed by atoms with Crippen molar-refractivity contribution < 1.29 is 19.4 Å². The number of aromatic carboxylic acids is 1. The van der Waals surface area contributed by atoms with Gasteiger partial charge in [-0.3, -0.25) is 4.68 Å². The number of benzene rings is 1. The molecule has 0 bridgehead atoms. The van der Waals surface area contributed by atoms with Crippen LogP contribution in [-0.2, 0) is 0 Å². The predicted molar refractivity (Wildman–Crippen MR) is 96.6 cm³/mol. The van der Waals surface area contributed by atoms with Crippen LogP contribution in [-0.4, -0.2) is 35.1 Å². The van der Waals surface area contributed by atoms with E-state index in [4.69, 9.17) is 9.47 Å². The average molecular weight is 346 g/mol. The van der Waals surface area contributed by atoms with Crippen LogP contribution < -0.4 is 9.47 Å². The van der Waals surface area contributed by atoms with Crippen molar-refractivity contribution in [3.63, 3.8) is 0 Å². The average Bonchev–Trinajstić information content (AvgIpc) is 3.31. The fourth-order valence-electron chi connectivity index (χ4n) is 3.22. The molecule has 0 amide bonds. The van der Waals surface area contributed by atoms with Crippen LogP contribution in [0.4, 0.5) is 0 Å². The van der Waals surface area contributed by atoms with E-state index in [1.807, 2.05) is 36.7 Å². The predicted octanol–water partition coefficient (Wildman–Crippen LogP) is 4.41. The fourth-order valence-corrected chi connectivity index (χ4v) is 3.22. The second-order valence-corrected chi connectivity index (χ2v) is 5.64. The molecule has 6 nitrogen and oxygen atoms in total. The highest BCUT2D eigenvalue weighted by Crippen LogP contribution is 2.41. The molecule has 1 aromatic carbocycles. The lowest BCUT2D eigenvalue weighted by atomic mass is 10.1. The van der Waals surface area contributed by atoms with Crippen molar-refractivity contribution in [2.75, 3.05) is 14.2 Å². The number of carboxylic acids is 1. The molecule has 1 saturated carbocycles. The second-order valence-electron chi connectivity index (χ2n) is 5.64. The van der Waals surface area contributed by atoms with Crippen LogP contribution in [0.15, 0.2) is 24.3 Å². The number of rotatable bonds is 5. The fraction of sp³-hybridized carbons (Fsp3) is 0.474. The number of nitrogens with zero attached hydrogens (tertiary/aromatic N) is 2. The van der Waals surface area contributed by atoms with Gasteiger partial charge in [-0.15, -0.1) is 0 Å². The van der Waals surface area contributed by atoms with Gasteiger partial charge in [0.1, 0.15) is 11.5 Å². The van der Waals surface area contributed by atoms with Gasteiger partial charge < -0.3 is 14.6 Å². The van der Waals surface area contributed by atoms with E-state index in [1.54, 1.807) is 20.3 Å². The number of hydrogen-bond donors (Lipinski definition) is 1. The van der Waals surface area contributed by atoms with Gasteiger partial charge in [0.25, 0.3) is 0 Å². The summed E-state index contributed by atoms with van der Waals surface area (Å²) < 4.78 is 12.8. The van der Waals surface area contributed by atoms with Crippen LogP contribution in [0.25, 0.3) is 11.3 Å². The Labute approximate surface area is 148 Å². The van der Waals surface area contributed by atoms with Crippen LogP contribution in [0.2, 0.25) is 0 Å². The summed E-state index contributed by atoms with van der Waals surface area (Å²) in [4.78, 5) is 11.4. The molecule has 1 fully saturated rings. The van der Waals surface area contributed by atoms with Crippen molar-refractivity contribution in [2.24, 2.45) is 0 Å².